The van der Waals surface area contributed by atoms with Crippen molar-refractivity contribution in [2.45, 2.75) is 31.9 Å². The van der Waals surface area contributed by atoms with E-state index in [2.05, 4.69) is 48.7 Å². The fourth-order valence-corrected chi connectivity index (χ4v) is 4.97. The second-order valence-electron chi connectivity index (χ2n) is 8.16. The zero-order chi connectivity index (χ0) is 18.3. The normalized spacial score (nSPS) is 22.3. The Morgan fingerprint density at radius 2 is 1.85 bits per heavy atom. The maximum absolute atomic E-state index is 13.4. The maximum atomic E-state index is 13.4. The van der Waals surface area contributed by atoms with Crippen LogP contribution in [0.1, 0.15) is 31.0 Å². The lowest BCUT2D eigenvalue weighted by Crippen LogP contribution is -2.45. The topological polar surface area (TPSA) is 44.4 Å². The average molecular weight is 357 g/mol. The van der Waals surface area contributed by atoms with Gasteiger partial charge in [-0.25, -0.2) is 0 Å². The summed E-state index contributed by atoms with van der Waals surface area (Å²) in [6.45, 7) is 5.03. The lowest BCUT2D eigenvalue weighted by molar-refractivity contribution is -0.00354. The Labute approximate surface area is 156 Å². The molecule has 0 N–H and O–H groups in total. The highest BCUT2D eigenvalue weighted by molar-refractivity contribution is 5.83. The van der Waals surface area contributed by atoms with E-state index in [1.165, 1.54) is 16.6 Å². The Morgan fingerprint density at radius 1 is 1.07 bits per heavy atom. The Balaban J connectivity index is 1.70. The van der Waals surface area contributed by atoms with Gasteiger partial charge in [0, 0.05) is 29.6 Å². The summed E-state index contributed by atoms with van der Waals surface area (Å²) in [4.78, 5) is 13.4. The summed E-state index contributed by atoms with van der Waals surface area (Å²) < 4.78 is 14.7. The van der Waals surface area contributed by atoms with Crippen LogP contribution in [0.25, 0.3) is 21.9 Å². The van der Waals surface area contributed by atoms with E-state index in [9.17, 15) is 4.79 Å². The van der Waals surface area contributed by atoms with E-state index in [0.29, 0.717) is 22.5 Å². The standard InChI is InChI=1S/C23H19NO3/c1-23(2)15-12-24-16-9-5-3-7-13(16)11-17(24)19(15)20-21(25)14-8-4-6-10-18(14)26-22(20)27-23/h3-11,15,19H,12H2,1-2H3/t15-,19-/m1/s1. The van der Waals surface area contributed by atoms with Crippen LogP contribution in [0.3, 0.4) is 0 Å². The second-order valence-corrected chi connectivity index (χ2v) is 8.16. The molecule has 0 aliphatic carbocycles. The van der Waals surface area contributed by atoms with Gasteiger partial charge in [0.25, 0.3) is 5.95 Å². The van der Waals surface area contributed by atoms with Gasteiger partial charge in [0.2, 0.25) is 5.43 Å². The monoisotopic (exact) mass is 357 g/mol. The molecule has 6 rings (SSSR count). The van der Waals surface area contributed by atoms with Gasteiger partial charge < -0.3 is 13.7 Å². The first-order chi connectivity index (χ1) is 13.0. The summed E-state index contributed by atoms with van der Waals surface area (Å²) in [5.74, 6) is 0.550. The van der Waals surface area contributed by atoms with Crippen LogP contribution in [-0.2, 0) is 6.54 Å². The van der Waals surface area contributed by atoms with Crippen molar-refractivity contribution in [3.8, 4) is 5.95 Å². The van der Waals surface area contributed by atoms with Crippen LogP contribution in [0.5, 0.6) is 5.95 Å². The molecule has 4 heteroatoms. The maximum Gasteiger partial charge on any atom is 0.293 e. The minimum atomic E-state index is -0.420. The van der Waals surface area contributed by atoms with Crippen LogP contribution in [0.2, 0.25) is 0 Å². The Morgan fingerprint density at radius 3 is 2.74 bits per heavy atom. The zero-order valence-electron chi connectivity index (χ0n) is 15.2. The number of ether oxygens (including phenoxy) is 1. The van der Waals surface area contributed by atoms with Gasteiger partial charge in [-0.3, -0.25) is 4.79 Å². The van der Waals surface area contributed by atoms with Crippen LogP contribution in [0, 0.1) is 5.92 Å². The van der Waals surface area contributed by atoms with E-state index in [4.69, 9.17) is 9.15 Å². The molecule has 0 radical (unpaired) electrons. The van der Waals surface area contributed by atoms with Crippen molar-refractivity contribution in [2.75, 3.05) is 0 Å². The van der Waals surface area contributed by atoms with E-state index in [1.54, 1.807) is 0 Å². The van der Waals surface area contributed by atoms with Gasteiger partial charge >= 0.3 is 0 Å². The van der Waals surface area contributed by atoms with Crippen molar-refractivity contribution >= 4 is 21.9 Å². The first-order valence-corrected chi connectivity index (χ1v) is 9.37. The SMILES string of the molecule is CC1(C)Oc2oc3ccccc3c(=O)c2[C@H]2c3cc4ccccc4n3C[C@H]21. The third-order valence-electron chi connectivity index (χ3n) is 6.30. The highest BCUT2D eigenvalue weighted by atomic mass is 16.6. The van der Waals surface area contributed by atoms with Gasteiger partial charge in [0.05, 0.1) is 10.9 Å². The molecule has 134 valence electrons. The van der Waals surface area contributed by atoms with Crippen molar-refractivity contribution in [3.05, 3.63) is 76.1 Å². The van der Waals surface area contributed by atoms with Gasteiger partial charge in [-0.05, 0) is 43.5 Å². The quantitative estimate of drug-likeness (QED) is 0.459. The lowest BCUT2D eigenvalue weighted by atomic mass is 9.75. The van der Waals surface area contributed by atoms with E-state index >= 15 is 0 Å². The van der Waals surface area contributed by atoms with Gasteiger partial charge in [-0.1, -0.05) is 30.3 Å². The van der Waals surface area contributed by atoms with Gasteiger partial charge in [0.15, 0.2) is 0 Å². The summed E-state index contributed by atoms with van der Waals surface area (Å²) in [6.07, 6.45) is 0. The molecular formula is C23H19NO3. The lowest BCUT2D eigenvalue weighted by Gasteiger charge is -2.40. The van der Waals surface area contributed by atoms with Gasteiger partial charge in [-0.2, -0.15) is 0 Å². The third-order valence-corrected chi connectivity index (χ3v) is 6.30. The van der Waals surface area contributed by atoms with Crippen molar-refractivity contribution < 1.29 is 9.15 Å². The van der Waals surface area contributed by atoms with Crippen molar-refractivity contribution in [1.29, 1.82) is 0 Å². The molecule has 4 aromatic rings. The largest absolute Gasteiger partial charge is 0.458 e. The fourth-order valence-electron chi connectivity index (χ4n) is 4.97. The Bertz CT molecular complexity index is 1290. The molecule has 0 amide bonds. The minimum absolute atomic E-state index is 0.0167. The molecule has 2 atom stereocenters. The average Bonchev–Trinajstić information content (AvgIpc) is 3.19. The van der Waals surface area contributed by atoms with Crippen molar-refractivity contribution in [3.63, 3.8) is 0 Å². The number of fused-ring (bicyclic) bond motifs is 8. The second kappa shape index (κ2) is 4.83. The molecule has 2 aliphatic heterocycles. The molecule has 4 nitrogen and oxygen atoms in total. The van der Waals surface area contributed by atoms with Crippen LogP contribution in [-0.4, -0.2) is 10.2 Å². The predicted molar refractivity (Wildman–Crippen MR) is 104 cm³/mol. The van der Waals surface area contributed by atoms with E-state index in [1.807, 2.05) is 24.3 Å². The fraction of sp³-hybridized carbons (Fsp3) is 0.261. The van der Waals surface area contributed by atoms with E-state index in [0.717, 1.165) is 6.54 Å². The number of rotatable bonds is 0. The molecule has 0 spiro atoms. The molecule has 2 aromatic heterocycles. The van der Waals surface area contributed by atoms with Crippen molar-refractivity contribution in [1.82, 2.24) is 4.57 Å². The highest BCUT2D eigenvalue weighted by Crippen LogP contribution is 2.52. The molecule has 27 heavy (non-hydrogen) atoms. The molecule has 2 aliphatic rings. The molecule has 0 saturated heterocycles. The molecule has 0 unspecified atom stereocenters. The van der Waals surface area contributed by atoms with Crippen LogP contribution in [0.4, 0.5) is 0 Å². The number of aromatic nitrogens is 1. The number of para-hydroxylation sites is 2. The number of hydrogen-bond donors (Lipinski definition) is 0. The summed E-state index contributed by atoms with van der Waals surface area (Å²) in [7, 11) is 0. The van der Waals surface area contributed by atoms with E-state index < -0.39 is 5.60 Å². The first-order valence-electron chi connectivity index (χ1n) is 9.37. The van der Waals surface area contributed by atoms with E-state index in [-0.39, 0.29) is 17.3 Å². The van der Waals surface area contributed by atoms with Gasteiger partial charge in [-0.15, -0.1) is 0 Å². The summed E-state index contributed by atoms with van der Waals surface area (Å²) in [5.41, 5.74) is 3.24. The molecule has 4 heterocycles. The Hall–Kier alpha value is -3.01. The van der Waals surface area contributed by atoms with Gasteiger partial charge in [0.1, 0.15) is 11.2 Å². The highest BCUT2D eigenvalue weighted by Gasteiger charge is 2.51. The van der Waals surface area contributed by atoms with Crippen LogP contribution >= 0.6 is 0 Å². The Kier molecular flexibility index (Phi) is 2.70. The zero-order valence-corrected chi connectivity index (χ0v) is 15.2. The molecule has 0 fully saturated rings. The van der Waals surface area contributed by atoms with Crippen LogP contribution in [0.15, 0.2) is 63.8 Å². The molecule has 0 bridgehead atoms. The number of nitrogens with zero attached hydrogens (tertiary/aromatic N) is 1. The summed E-state index contributed by atoms with van der Waals surface area (Å²) >= 11 is 0. The summed E-state index contributed by atoms with van der Waals surface area (Å²) in [6, 6.07) is 18.0. The number of hydrogen-bond acceptors (Lipinski definition) is 3. The van der Waals surface area contributed by atoms with Crippen LogP contribution < -0.4 is 10.2 Å². The smallest absolute Gasteiger partial charge is 0.293 e. The third kappa shape index (κ3) is 1.85. The number of benzene rings is 2. The summed E-state index contributed by atoms with van der Waals surface area (Å²) in [5, 5.41) is 1.83. The molecule has 2 aromatic carbocycles. The van der Waals surface area contributed by atoms with Crippen molar-refractivity contribution in [2.24, 2.45) is 5.92 Å². The predicted octanol–water partition coefficient (Wildman–Crippen LogP) is 4.68. The first kappa shape index (κ1) is 15.1. The minimum Gasteiger partial charge on any atom is -0.458 e. The molecular weight excluding hydrogens is 338 g/mol. The molecule has 0 saturated carbocycles.